The zero-order valence-corrected chi connectivity index (χ0v) is 16.2. The lowest BCUT2D eigenvalue weighted by Crippen LogP contribution is -2.53. The van der Waals surface area contributed by atoms with E-state index in [2.05, 4.69) is 16.6 Å². The first-order chi connectivity index (χ1) is 13.5. The topological polar surface area (TPSA) is 53.1 Å². The highest BCUT2D eigenvalue weighted by atomic mass is 19.3. The molecule has 6 nitrogen and oxygen atoms in total. The molecule has 1 aromatic carbocycles. The maximum Gasteiger partial charge on any atom is 0.387 e. The molecule has 1 atom stereocenters. The van der Waals surface area contributed by atoms with Crippen molar-refractivity contribution in [3.63, 3.8) is 0 Å². The molecule has 2 aliphatic heterocycles. The molecule has 0 N–H and O–H groups in total. The monoisotopic (exact) mass is 395 g/mol. The van der Waals surface area contributed by atoms with Gasteiger partial charge in [-0.25, -0.2) is 0 Å². The molecule has 2 fully saturated rings. The van der Waals surface area contributed by atoms with Gasteiger partial charge < -0.3 is 14.5 Å². The molecule has 8 heteroatoms. The summed E-state index contributed by atoms with van der Waals surface area (Å²) < 4.78 is 29.6. The molecule has 0 saturated carbocycles. The van der Waals surface area contributed by atoms with Crippen molar-refractivity contribution in [1.29, 1.82) is 0 Å². The van der Waals surface area contributed by atoms with Crippen molar-refractivity contribution in [3.05, 3.63) is 29.8 Å². The number of halogens is 2. The molecule has 0 spiro atoms. The Morgan fingerprint density at radius 3 is 2.50 bits per heavy atom. The highest BCUT2D eigenvalue weighted by Gasteiger charge is 2.28. The molecule has 28 heavy (non-hydrogen) atoms. The van der Waals surface area contributed by atoms with Gasteiger partial charge >= 0.3 is 6.61 Å². The first kappa shape index (κ1) is 20.5. The molecule has 2 saturated heterocycles. The van der Waals surface area contributed by atoms with Crippen LogP contribution in [-0.2, 0) is 4.79 Å². The van der Waals surface area contributed by atoms with Gasteiger partial charge in [-0.1, -0.05) is 12.1 Å². The molecular formula is C20H27F2N3O3. The van der Waals surface area contributed by atoms with E-state index in [4.69, 9.17) is 0 Å². The Bertz CT molecular complexity index is 693. The molecule has 0 aliphatic carbocycles. The second-order valence-electron chi connectivity index (χ2n) is 7.37. The van der Waals surface area contributed by atoms with Gasteiger partial charge in [-0.15, -0.1) is 0 Å². The number of hydrogen-bond acceptors (Lipinski definition) is 4. The molecular weight excluding hydrogens is 368 g/mol. The van der Waals surface area contributed by atoms with Crippen molar-refractivity contribution in [2.24, 2.45) is 0 Å². The van der Waals surface area contributed by atoms with Gasteiger partial charge in [0.25, 0.3) is 5.91 Å². The third-order valence-electron chi connectivity index (χ3n) is 5.48. The fourth-order valence-electron chi connectivity index (χ4n) is 3.87. The second kappa shape index (κ2) is 9.32. The number of para-hydroxylation sites is 1. The van der Waals surface area contributed by atoms with Crippen molar-refractivity contribution >= 4 is 11.8 Å². The molecule has 2 heterocycles. The van der Waals surface area contributed by atoms with E-state index in [1.807, 2.05) is 4.90 Å². The van der Waals surface area contributed by atoms with E-state index in [0.717, 1.165) is 19.4 Å². The predicted octanol–water partition coefficient (Wildman–Crippen LogP) is 2.45. The number of piperidine rings is 1. The molecule has 3 rings (SSSR count). The van der Waals surface area contributed by atoms with Crippen molar-refractivity contribution in [2.45, 2.75) is 38.8 Å². The highest BCUT2D eigenvalue weighted by Crippen LogP contribution is 2.23. The van der Waals surface area contributed by atoms with Crippen LogP contribution in [0.1, 0.15) is 36.5 Å². The van der Waals surface area contributed by atoms with E-state index in [9.17, 15) is 18.4 Å². The molecule has 1 unspecified atom stereocenters. The molecule has 2 aliphatic rings. The Hall–Kier alpha value is -2.22. The van der Waals surface area contributed by atoms with Gasteiger partial charge in [-0.2, -0.15) is 8.78 Å². The molecule has 0 aromatic heterocycles. The quantitative estimate of drug-likeness (QED) is 0.769. The van der Waals surface area contributed by atoms with E-state index < -0.39 is 6.61 Å². The van der Waals surface area contributed by atoms with Crippen molar-refractivity contribution in [3.8, 4) is 5.75 Å². The Morgan fingerprint density at radius 1 is 1.11 bits per heavy atom. The molecule has 0 radical (unpaired) electrons. The molecule has 0 bridgehead atoms. The summed E-state index contributed by atoms with van der Waals surface area (Å²) in [4.78, 5) is 30.9. The van der Waals surface area contributed by atoms with Crippen LogP contribution in [0.15, 0.2) is 24.3 Å². The van der Waals surface area contributed by atoms with Gasteiger partial charge in [0.15, 0.2) is 0 Å². The number of rotatable bonds is 5. The molecule has 1 aromatic rings. The largest absolute Gasteiger partial charge is 0.434 e. The Balaban J connectivity index is 1.54. The lowest BCUT2D eigenvalue weighted by Gasteiger charge is -2.38. The lowest BCUT2D eigenvalue weighted by atomic mass is 10.0. The van der Waals surface area contributed by atoms with E-state index >= 15 is 0 Å². The summed E-state index contributed by atoms with van der Waals surface area (Å²) in [5.74, 6) is -0.297. The van der Waals surface area contributed by atoms with Crippen LogP contribution in [0.2, 0.25) is 0 Å². The van der Waals surface area contributed by atoms with Gasteiger partial charge in [0, 0.05) is 38.8 Å². The number of likely N-dealkylation sites (tertiary alicyclic amines) is 1. The molecule has 154 valence electrons. The van der Waals surface area contributed by atoms with Crippen LogP contribution in [0.3, 0.4) is 0 Å². The third kappa shape index (κ3) is 4.98. The van der Waals surface area contributed by atoms with Gasteiger partial charge in [-0.3, -0.25) is 14.5 Å². The van der Waals surface area contributed by atoms with Crippen LogP contribution in [-0.4, -0.2) is 78.4 Å². The third-order valence-corrected chi connectivity index (χ3v) is 5.48. The summed E-state index contributed by atoms with van der Waals surface area (Å²) in [5.41, 5.74) is 0.134. The maximum absolute atomic E-state index is 12.7. The average Bonchev–Trinajstić information content (AvgIpc) is 2.68. The Morgan fingerprint density at radius 2 is 1.82 bits per heavy atom. The number of ether oxygens (including phenoxy) is 1. The van der Waals surface area contributed by atoms with Crippen LogP contribution in [0.5, 0.6) is 5.75 Å². The summed E-state index contributed by atoms with van der Waals surface area (Å²) in [6, 6.07) is 6.33. The van der Waals surface area contributed by atoms with Crippen molar-refractivity contribution in [1.82, 2.24) is 14.7 Å². The minimum Gasteiger partial charge on any atom is -0.434 e. The summed E-state index contributed by atoms with van der Waals surface area (Å²) >= 11 is 0. The van der Waals surface area contributed by atoms with Crippen molar-refractivity contribution < 1.29 is 23.1 Å². The lowest BCUT2D eigenvalue weighted by molar-refractivity contribution is -0.136. The zero-order valence-electron chi connectivity index (χ0n) is 16.2. The minimum absolute atomic E-state index is 0.112. The van der Waals surface area contributed by atoms with Crippen LogP contribution in [0.25, 0.3) is 0 Å². The standard InChI is InChI=1S/C20H27F2N3O3/c1-15-6-4-5-9-25(15)18(26)14-23-10-12-24(13-11-23)19(27)16-7-2-3-8-17(16)28-20(21)22/h2-3,7-8,15,20H,4-6,9-14H2,1H3. The van der Waals surface area contributed by atoms with Crippen LogP contribution in [0, 0.1) is 0 Å². The smallest absolute Gasteiger partial charge is 0.387 e. The van der Waals surface area contributed by atoms with Crippen LogP contribution >= 0.6 is 0 Å². The van der Waals surface area contributed by atoms with E-state index in [1.54, 1.807) is 17.0 Å². The van der Waals surface area contributed by atoms with Gasteiger partial charge in [-0.05, 0) is 38.3 Å². The summed E-state index contributed by atoms with van der Waals surface area (Å²) in [5, 5.41) is 0. The van der Waals surface area contributed by atoms with E-state index in [-0.39, 0.29) is 29.2 Å². The SMILES string of the molecule is CC1CCCCN1C(=O)CN1CCN(C(=O)c2ccccc2OC(F)F)CC1. The Kier molecular flexibility index (Phi) is 6.83. The summed E-state index contributed by atoms with van der Waals surface area (Å²) in [7, 11) is 0. The number of alkyl halides is 2. The number of carbonyl (C=O) groups is 2. The predicted molar refractivity (Wildman–Crippen MR) is 100 cm³/mol. The number of carbonyl (C=O) groups excluding carboxylic acids is 2. The number of benzene rings is 1. The Labute approximate surface area is 164 Å². The van der Waals surface area contributed by atoms with Gasteiger partial charge in [0.1, 0.15) is 5.75 Å². The van der Waals surface area contributed by atoms with Gasteiger partial charge in [0.2, 0.25) is 5.91 Å². The second-order valence-corrected chi connectivity index (χ2v) is 7.37. The zero-order chi connectivity index (χ0) is 20.1. The van der Waals surface area contributed by atoms with Gasteiger partial charge in [0.05, 0.1) is 12.1 Å². The van der Waals surface area contributed by atoms with Crippen LogP contribution in [0.4, 0.5) is 8.78 Å². The van der Waals surface area contributed by atoms with Crippen LogP contribution < -0.4 is 4.74 Å². The number of nitrogens with zero attached hydrogens (tertiary/aromatic N) is 3. The number of hydrogen-bond donors (Lipinski definition) is 0. The maximum atomic E-state index is 12.7. The van der Waals surface area contributed by atoms with E-state index in [1.165, 1.54) is 18.6 Å². The highest BCUT2D eigenvalue weighted by molar-refractivity contribution is 5.97. The molecule has 2 amide bonds. The fraction of sp³-hybridized carbons (Fsp3) is 0.600. The fourth-order valence-corrected chi connectivity index (χ4v) is 3.87. The minimum atomic E-state index is -2.98. The average molecular weight is 395 g/mol. The first-order valence-electron chi connectivity index (χ1n) is 9.80. The van der Waals surface area contributed by atoms with E-state index in [0.29, 0.717) is 32.7 Å². The first-order valence-corrected chi connectivity index (χ1v) is 9.80. The normalized spacial score (nSPS) is 21.1. The summed E-state index contributed by atoms with van der Waals surface area (Å²) in [6.45, 7) is 2.35. The van der Waals surface area contributed by atoms with Crippen molar-refractivity contribution in [2.75, 3.05) is 39.3 Å². The number of amides is 2. The number of piperazine rings is 1. The summed E-state index contributed by atoms with van der Waals surface area (Å²) in [6.07, 6.45) is 3.27.